The van der Waals surface area contributed by atoms with Gasteiger partial charge < -0.3 is 10.1 Å². The Balaban J connectivity index is 2.01. The van der Waals surface area contributed by atoms with Gasteiger partial charge in [-0.1, -0.05) is 30.3 Å². The number of para-hydroxylation sites is 1. The lowest BCUT2D eigenvalue weighted by Crippen LogP contribution is -2.38. The summed E-state index contributed by atoms with van der Waals surface area (Å²) in [5.74, 6) is 0.927. The molecule has 2 atom stereocenters. The van der Waals surface area contributed by atoms with Crippen molar-refractivity contribution in [3.8, 4) is 11.5 Å². The number of benzene rings is 2. The van der Waals surface area contributed by atoms with Gasteiger partial charge in [0, 0.05) is 6.26 Å². The lowest BCUT2D eigenvalue weighted by Gasteiger charge is -2.17. The van der Waals surface area contributed by atoms with Gasteiger partial charge in [0.15, 0.2) is 9.84 Å². The number of carbonyl (C=O) groups is 1. The van der Waals surface area contributed by atoms with Crippen molar-refractivity contribution < 1.29 is 17.9 Å². The molecule has 2 aromatic rings. The van der Waals surface area contributed by atoms with Gasteiger partial charge in [-0.05, 0) is 43.7 Å². The molecule has 0 aliphatic carbocycles. The molecule has 24 heavy (non-hydrogen) atoms. The Morgan fingerprint density at radius 2 is 1.50 bits per heavy atom. The van der Waals surface area contributed by atoms with Crippen LogP contribution in [0.3, 0.4) is 0 Å². The van der Waals surface area contributed by atoms with Crippen LogP contribution in [0.5, 0.6) is 11.5 Å². The maximum Gasteiger partial charge on any atom is 0.238 e. The van der Waals surface area contributed by atoms with Crippen molar-refractivity contribution in [2.75, 3.05) is 6.26 Å². The van der Waals surface area contributed by atoms with E-state index in [4.69, 9.17) is 4.74 Å². The molecule has 0 aliphatic heterocycles. The van der Waals surface area contributed by atoms with Gasteiger partial charge in [0.2, 0.25) is 5.91 Å². The molecular formula is C18H21NO4S. The molecule has 0 heterocycles. The molecule has 0 saturated heterocycles. The minimum absolute atomic E-state index is 0.299. The van der Waals surface area contributed by atoms with E-state index in [2.05, 4.69) is 5.32 Å². The zero-order valence-corrected chi connectivity index (χ0v) is 14.7. The van der Waals surface area contributed by atoms with Gasteiger partial charge in [-0.25, -0.2) is 8.42 Å². The van der Waals surface area contributed by atoms with Crippen LogP contribution < -0.4 is 10.1 Å². The van der Waals surface area contributed by atoms with E-state index in [9.17, 15) is 13.2 Å². The van der Waals surface area contributed by atoms with Crippen molar-refractivity contribution in [1.82, 2.24) is 5.32 Å². The van der Waals surface area contributed by atoms with Crippen LogP contribution in [-0.4, -0.2) is 25.8 Å². The molecule has 128 valence electrons. The molecule has 2 aromatic carbocycles. The molecule has 6 heteroatoms. The molecule has 0 fully saturated rings. The number of carbonyl (C=O) groups excluding carboxylic acids is 1. The Morgan fingerprint density at radius 1 is 0.958 bits per heavy atom. The van der Waals surface area contributed by atoms with E-state index in [1.54, 1.807) is 6.92 Å². The minimum atomic E-state index is -3.40. The van der Waals surface area contributed by atoms with Gasteiger partial charge in [0.1, 0.15) is 16.7 Å². The number of hydrogen-bond donors (Lipinski definition) is 1. The fraction of sp³-hybridized carbons (Fsp3) is 0.278. The van der Waals surface area contributed by atoms with Crippen molar-refractivity contribution >= 4 is 15.7 Å². The smallest absolute Gasteiger partial charge is 0.238 e. The molecule has 5 nitrogen and oxygen atoms in total. The highest BCUT2D eigenvalue weighted by Crippen LogP contribution is 2.23. The predicted molar refractivity (Wildman–Crippen MR) is 93.8 cm³/mol. The fourth-order valence-electron chi connectivity index (χ4n) is 2.06. The van der Waals surface area contributed by atoms with Crippen molar-refractivity contribution in [2.45, 2.75) is 25.1 Å². The zero-order chi connectivity index (χ0) is 17.7. The number of amides is 1. The first kappa shape index (κ1) is 18.0. The van der Waals surface area contributed by atoms with Gasteiger partial charge in [-0.3, -0.25) is 4.79 Å². The van der Waals surface area contributed by atoms with Crippen LogP contribution in [-0.2, 0) is 14.6 Å². The molecule has 0 aliphatic rings. The van der Waals surface area contributed by atoms with E-state index < -0.39 is 21.0 Å². The summed E-state index contributed by atoms with van der Waals surface area (Å²) in [6.07, 6.45) is 1.05. The summed E-state index contributed by atoms with van der Waals surface area (Å²) in [6, 6.07) is 16.4. The van der Waals surface area contributed by atoms with Gasteiger partial charge >= 0.3 is 0 Å². The first-order chi connectivity index (χ1) is 11.3. The molecule has 0 aromatic heterocycles. The van der Waals surface area contributed by atoms with E-state index >= 15 is 0 Å². The maximum absolute atomic E-state index is 12.0. The van der Waals surface area contributed by atoms with Crippen molar-refractivity contribution in [2.24, 2.45) is 0 Å². The quantitative estimate of drug-likeness (QED) is 0.871. The van der Waals surface area contributed by atoms with Gasteiger partial charge in [-0.15, -0.1) is 0 Å². The molecular weight excluding hydrogens is 326 g/mol. The van der Waals surface area contributed by atoms with Crippen LogP contribution in [0.2, 0.25) is 0 Å². The minimum Gasteiger partial charge on any atom is -0.457 e. The average Bonchev–Trinajstić information content (AvgIpc) is 2.54. The largest absolute Gasteiger partial charge is 0.457 e. The Morgan fingerprint density at radius 3 is 2.04 bits per heavy atom. The third-order valence-electron chi connectivity index (χ3n) is 3.73. The third kappa shape index (κ3) is 4.83. The van der Waals surface area contributed by atoms with Crippen molar-refractivity contribution in [3.05, 3.63) is 60.2 Å². The number of ether oxygens (including phenoxy) is 1. The normalized spacial score (nSPS) is 13.8. The molecule has 1 N–H and O–H groups in total. The summed E-state index contributed by atoms with van der Waals surface area (Å²) in [5, 5.41) is 1.64. The summed E-state index contributed by atoms with van der Waals surface area (Å²) in [5.41, 5.74) is 0.865. The molecule has 0 bridgehead atoms. The molecule has 2 rings (SSSR count). The second-order valence-electron chi connectivity index (χ2n) is 5.69. The first-order valence-corrected chi connectivity index (χ1v) is 9.55. The summed E-state index contributed by atoms with van der Waals surface area (Å²) in [4.78, 5) is 12.0. The molecule has 0 spiro atoms. The van der Waals surface area contributed by atoms with E-state index in [1.807, 2.05) is 54.6 Å². The number of nitrogens with one attached hydrogen (secondary N) is 1. The highest BCUT2D eigenvalue weighted by molar-refractivity contribution is 7.92. The molecule has 0 radical (unpaired) electrons. The SMILES string of the molecule is C[C@H](NC(=O)[C@H](C)S(C)(=O)=O)c1ccc(Oc2ccccc2)cc1. The van der Waals surface area contributed by atoms with Gasteiger partial charge in [-0.2, -0.15) is 0 Å². The van der Waals surface area contributed by atoms with E-state index in [-0.39, 0.29) is 6.04 Å². The lowest BCUT2D eigenvalue weighted by atomic mass is 10.1. The van der Waals surface area contributed by atoms with Crippen LogP contribution >= 0.6 is 0 Å². The first-order valence-electron chi connectivity index (χ1n) is 7.59. The number of sulfone groups is 1. The Hall–Kier alpha value is -2.34. The predicted octanol–water partition coefficient (Wildman–Crippen LogP) is 3.09. The molecule has 0 saturated carbocycles. The van der Waals surface area contributed by atoms with E-state index in [0.29, 0.717) is 5.75 Å². The molecule has 1 amide bonds. The van der Waals surface area contributed by atoms with Gasteiger partial charge in [0.25, 0.3) is 0 Å². The fourth-order valence-corrected chi connectivity index (χ4v) is 2.51. The van der Waals surface area contributed by atoms with Crippen LogP contribution in [0.15, 0.2) is 54.6 Å². The topological polar surface area (TPSA) is 72.5 Å². The summed E-state index contributed by atoms with van der Waals surface area (Å²) in [7, 11) is -3.40. The summed E-state index contributed by atoms with van der Waals surface area (Å²) >= 11 is 0. The highest BCUT2D eigenvalue weighted by atomic mass is 32.2. The Kier molecular flexibility index (Phi) is 5.62. The summed E-state index contributed by atoms with van der Waals surface area (Å²) < 4.78 is 28.6. The van der Waals surface area contributed by atoms with Crippen LogP contribution in [0, 0.1) is 0 Å². The maximum atomic E-state index is 12.0. The Bertz CT molecular complexity index is 786. The van der Waals surface area contributed by atoms with E-state index in [1.165, 1.54) is 6.92 Å². The van der Waals surface area contributed by atoms with Crippen molar-refractivity contribution in [3.63, 3.8) is 0 Å². The van der Waals surface area contributed by atoms with Crippen LogP contribution in [0.25, 0.3) is 0 Å². The molecule has 0 unspecified atom stereocenters. The lowest BCUT2D eigenvalue weighted by molar-refractivity contribution is -0.121. The van der Waals surface area contributed by atoms with Gasteiger partial charge in [0.05, 0.1) is 6.04 Å². The standard InChI is InChI=1S/C18H21NO4S/c1-13(19-18(20)14(2)24(3,21)22)15-9-11-17(12-10-15)23-16-7-5-4-6-8-16/h4-14H,1-3H3,(H,19,20)/t13-,14-/m0/s1. The second-order valence-corrected chi connectivity index (χ2v) is 8.05. The van der Waals surface area contributed by atoms with Crippen LogP contribution in [0.4, 0.5) is 0 Å². The second kappa shape index (κ2) is 7.49. The Labute approximate surface area is 142 Å². The highest BCUT2D eigenvalue weighted by Gasteiger charge is 2.24. The van der Waals surface area contributed by atoms with Crippen LogP contribution in [0.1, 0.15) is 25.5 Å². The third-order valence-corrected chi connectivity index (χ3v) is 5.23. The number of rotatable bonds is 6. The van der Waals surface area contributed by atoms with E-state index in [0.717, 1.165) is 17.6 Å². The number of hydrogen-bond acceptors (Lipinski definition) is 4. The monoisotopic (exact) mass is 347 g/mol. The summed E-state index contributed by atoms with van der Waals surface area (Å²) in [6.45, 7) is 3.19. The van der Waals surface area contributed by atoms with Crippen molar-refractivity contribution in [1.29, 1.82) is 0 Å². The zero-order valence-electron chi connectivity index (χ0n) is 13.9. The average molecular weight is 347 g/mol.